The van der Waals surface area contributed by atoms with Crippen molar-refractivity contribution in [3.05, 3.63) is 24.3 Å². The highest BCUT2D eigenvalue weighted by Crippen LogP contribution is 2.18. The predicted octanol–water partition coefficient (Wildman–Crippen LogP) is 2.70. The Hall–Kier alpha value is -1.22. The third-order valence-electron chi connectivity index (χ3n) is 3.95. The van der Waals surface area contributed by atoms with Crippen molar-refractivity contribution in [3.63, 3.8) is 0 Å². The Labute approximate surface area is 129 Å². The number of quaternary nitrogens is 1. The van der Waals surface area contributed by atoms with Gasteiger partial charge in [0, 0.05) is 6.42 Å². The Morgan fingerprint density at radius 1 is 0.952 bits per heavy atom. The summed E-state index contributed by atoms with van der Waals surface area (Å²) in [4.78, 5) is 1.76. The van der Waals surface area contributed by atoms with Crippen molar-refractivity contribution >= 4 is 0 Å². The van der Waals surface area contributed by atoms with E-state index in [2.05, 4.69) is 0 Å². The lowest BCUT2D eigenvalue weighted by Crippen LogP contribution is -3.11. The van der Waals surface area contributed by atoms with E-state index in [1.807, 2.05) is 38.1 Å². The Morgan fingerprint density at radius 2 is 1.57 bits per heavy atom. The monoisotopic (exact) mass is 292 g/mol. The first-order valence-electron chi connectivity index (χ1n) is 8.47. The normalized spacial score (nSPS) is 16.7. The quantitative estimate of drug-likeness (QED) is 0.781. The molecule has 118 valence electrons. The van der Waals surface area contributed by atoms with Gasteiger partial charge >= 0.3 is 0 Å². The molecule has 0 radical (unpaired) electrons. The zero-order valence-corrected chi connectivity index (χ0v) is 13.6. The number of nitrogens with one attached hydrogen (secondary N) is 1. The summed E-state index contributed by atoms with van der Waals surface area (Å²) in [5.41, 5.74) is 0. The summed E-state index contributed by atoms with van der Waals surface area (Å²) in [5, 5.41) is 0. The SMILES string of the molecule is CC(C)Oc1ccc(OCCC[NH+]2CCCCCC2)cc1. The van der Waals surface area contributed by atoms with Crippen molar-refractivity contribution in [2.24, 2.45) is 0 Å². The number of likely N-dealkylation sites (tertiary alicyclic amines) is 1. The first-order chi connectivity index (χ1) is 10.2. The van der Waals surface area contributed by atoms with E-state index in [9.17, 15) is 0 Å². The van der Waals surface area contributed by atoms with E-state index < -0.39 is 0 Å². The van der Waals surface area contributed by atoms with Crippen LogP contribution in [0.2, 0.25) is 0 Å². The molecule has 21 heavy (non-hydrogen) atoms. The highest BCUT2D eigenvalue weighted by atomic mass is 16.5. The van der Waals surface area contributed by atoms with Crippen LogP contribution in [0.5, 0.6) is 11.5 Å². The van der Waals surface area contributed by atoms with Crippen molar-refractivity contribution in [3.8, 4) is 11.5 Å². The van der Waals surface area contributed by atoms with Gasteiger partial charge in [-0.1, -0.05) is 0 Å². The molecular weight excluding hydrogens is 262 g/mol. The average molecular weight is 292 g/mol. The molecule has 1 N–H and O–H groups in total. The number of ether oxygens (including phenoxy) is 2. The first kappa shape index (κ1) is 16.2. The highest BCUT2D eigenvalue weighted by Gasteiger charge is 2.11. The van der Waals surface area contributed by atoms with E-state index in [4.69, 9.17) is 9.47 Å². The maximum Gasteiger partial charge on any atom is 0.119 e. The molecule has 1 aromatic rings. The zero-order valence-electron chi connectivity index (χ0n) is 13.6. The van der Waals surface area contributed by atoms with Crippen LogP contribution in [0.25, 0.3) is 0 Å². The predicted molar refractivity (Wildman–Crippen MR) is 86.3 cm³/mol. The van der Waals surface area contributed by atoms with Gasteiger partial charge in [0.2, 0.25) is 0 Å². The van der Waals surface area contributed by atoms with Crippen LogP contribution in [-0.2, 0) is 0 Å². The fraction of sp³-hybridized carbons (Fsp3) is 0.667. The van der Waals surface area contributed by atoms with Crippen LogP contribution >= 0.6 is 0 Å². The maximum atomic E-state index is 5.82. The van der Waals surface area contributed by atoms with Gasteiger partial charge in [0.05, 0.1) is 32.3 Å². The van der Waals surface area contributed by atoms with Gasteiger partial charge in [0.15, 0.2) is 0 Å². The van der Waals surface area contributed by atoms with Gasteiger partial charge in [0.25, 0.3) is 0 Å². The molecule has 1 aliphatic heterocycles. The van der Waals surface area contributed by atoms with Crippen LogP contribution in [0, 0.1) is 0 Å². The summed E-state index contributed by atoms with van der Waals surface area (Å²) in [5.74, 6) is 1.85. The maximum absolute atomic E-state index is 5.82. The molecule has 0 bridgehead atoms. The molecule has 1 aliphatic rings. The van der Waals surface area contributed by atoms with E-state index in [0.717, 1.165) is 24.5 Å². The molecule has 2 rings (SSSR count). The highest BCUT2D eigenvalue weighted by molar-refractivity contribution is 5.31. The third kappa shape index (κ3) is 6.38. The molecule has 0 spiro atoms. The number of rotatable bonds is 7. The Balaban J connectivity index is 1.63. The van der Waals surface area contributed by atoms with Crippen molar-refractivity contribution in [1.29, 1.82) is 0 Å². The van der Waals surface area contributed by atoms with Crippen LogP contribution in [0.3, 0.4) is 0 Å². The van der Waals surface area contributed by atoms with Crippen LogP contribution in [0.4, 0.5) is 0 Å². The van der Waals surface area contributed by atoms with Crippen LogP contribution in [0.15, 0.2) is 24.3 Å². The molecule has 1 fully saturated rings. The smallest absolute Gasteiger partial charge is 0.119 e. The summed E-state index contributed by atoms with van der Waals surface area (Å²) >= 11 is 0. The lowest BCUT2D eigenvalue weighted by molar-refractivity contribution is -0.899. The van der Waals surface area contributed by atoms with Crippen molar-refractivity contribution in [2.45, 2.75) is 52.1 Å². The third-order valence-corrected chi connectivity index (χ3v) is 3.95. The molecule has 0 aliphatic carbocycles. The molecule has 1 aromatic carbocycles. The van der Waals surface area contributed by atoms with Crippen LogP contribution < -0.4 is 14.4 Å². The minimum atomic E-state index is 0.216. The largest absolute Gasteiger partial charge is 0.493 e. The minimum absolute atomic E-state index is 0.216. The lowest BCUT2D eigenvalue weighted by atomic mass is 10.2. The number of hydrogen-bond acceptors (Lipinski definition) is 2. The van der Waals surface area contributed by atoms with E-state index >= 15 is 0 Å². The second-order valence-electron chi connectivity index (χ2n) is 6.25. The van der Waals surface area contributed by atoms with Crippen LogP contribution in [-0.4, -0.2) is 32.3 Å². The number of hydrogen-bond donors (Lipinski definition) is 1. The fourth-order valence-electron chi connectivity index (χ4n) is 2.88. The number of benzene rings is 1. The Kier molecular flexibility index (Phi) is 6.87. The summed E-state index contributed by atoms with van der Waals surface area (Å²) in [6.45, 7) is 8.83. The van der Waals surface area contributed by atoms with Gasteiger partial charge < -0.3 is 14.4 Å². The van der Waals surface area contributed by atoms with Gasteiger partial charge in [-0.3, -0.25) is 0 Å². The summed E-state index contributed by atoms with van der Waals surface area (Å²) in [7, 11) is 0. The van der Waals surface area contributed by atoms with Gasteiger partial charge in [-0.05, 0) is 63.8 Å². The lowest BCUT2D eigenvalue weighted by Gasteiger charge is -2.17. The molecule has 3 heteroatoms. The Bertz CT molecular complexity index is 381. The zero-order chi connectivity index (χ0) is 14.9. The van der Waals surface area contributed by atoms with Gasteiger partial charge in [-0.2, -0.15) is 0 Å². The van der Waals surface area contributed by atoms with E-state index in [1.165, 1.54) is 45.3 Å². The van der Waals surface area contributed by atoms with Gasteiger partial charge in [0.1, 0.15) is 11.5 Å². The van der Waals surface area contributed by atoms with Gasteiger partial charge in [-0.15, -0.1) is 0 Å². The first-order valence-corrected chi connectivity index (χ1v) is 8.47. The van der Waals surface area contributed by atoms with Crippen molar-refractivity contribution in [2.75, 3.05) is 26.2 Å². The second-order valence-corrected chi connectivity index (χ2v) is 6.25. The second kappa shape index (κ2) is 8.93. The summed E-state index contributed by atoms with van der Waals surface area (Å²) in [6, 6.07) is 7.96. The molecule has 3 nitrogen and oxygen atoms in total. The van der Waals surface area contributed by atoms with Crippen LogP contribution in [0.1, 0.15) is 46.0 Å². The molecule has 0 aromatic heterocycles. The van der Waals surface area contributed by atoms with Gasteiger partial charge in [-0.25, -0.2) is 0 Å². The van der Waals surface area contributed by atoms with E-state index in [1.54, 1.807) is 4.90 Å². The fourth-order valence-corrected chi connectivity index (χ4v) is 2.88. The molecule has 0 atom stereocenters. The van der Waals surface area contributed by atoms with Crippen molar-refractivity contribution < 1.29 is 14.4 Å². The minimum Gasteiger partial charge on any atom is -0.493 e. The molecule has 1 heterocycles. The summed E-state index contributed by atoms with van der Waals surface area (Å²) < 4.78 is 11.4. The molecule has 0 saturated carbocycles. The average Bonchev–Trinajstić information content (AvgIpc) is 2.73. The molecule has 0 amide bonds. The molecule has 0 unspecified atom stereocenters. The summed E-state index contributed by atoms with van der Waals surface area (Å²) in [6.07, 6.45) is 6.99. The van der Waals surface area contributed by atoms with E-state index in [-0.39, 0.29) is 6.10 Å². The standard InChI is InChI=1S/C18H29NO2/c1-16(2)21-18-10-8-17(9-11-18)20-15-7-14-19-12-5-3-4-6-13-19/h8-11,16H,3-7,12-15H2,1-2H3/p+1. The topological polar surface area (TPSA) is 22.9 Å². The Morgan fingerprint density at radius 3 is 2.19 bits per heavy atom. The van der Waals surface area contributed by atoms with Crippen molar-refractivity contribution in [1.82, 2.24) is 0 Å². The molecular formula is C18H30NO2+. The van der Waals surface area contributed by atoms with E-state index in [0.29, 0.717) is 0 Å². The molecule has 1 saturated heterocycles.